The lowest BCUT2D eigenvalue weighted by Gasteiger charge is -2.27. The fourth-order valence-corrected chi connectivity index (χ4v) is 5.41. The van der Waals surface area contributed by atoms with Crippen LogP contribution in [-0.2, 0) is 21.1 Å². The lowest BCUT2D eigenvalue weighted by molar-refractivity contribution is -0.105. The largest absolute Gasteiger partial charge is 0.298 e. The van der Waals surface area contributed by atoms with E-state index in [4.69, 9.17) is 11.6 Å². The Bertz CT molecular complexity index is 782. The highest BCUT2D eigenvalue weighted by molar-refractivity contribution is 7.92. The standard InChI is InChI=1S/C14H14ClNO3S2/c1-7(2)8-4-9-11(5-16)20-14(21(3,18)19)12(9)13(15)10(8)6-17/h6-8H,4H2,1-3H3/t8-/m0/s1. The Morgan fingerprint density at radius 2 is 2.10 bits per heavy atom. The molecule has 7 heteroatoms. The van der Waals surface area contributed by atoms with Gasteiger partial charge >= 0.3 is 0 Å². The number of hydrogen-bond acceptors (Lipinski definition) is 5. The van der Waals surface area contributed by atoms with Gasteiger partial charge < -0.3 is 0 Å². The minimum atomic E-state index is -3.50. The maximum Gasteiger partial charge on any atom is 0.185 e. The zero-order valence-electron chi connectivity index (χ0n) is 11.8. The smallest absolute Gasteiger partial charge is 0.185 e. The summed E-state index contributed by atoms with van der Waals surface area (Å²) < 4.78 is 23.9. The fourth-order valence-electron chi connectivity index (χ4n) is 2.58. The van der Waals surface area contributed by atoms with E-state index in [1.807, 2.05) is 19.9 Å². The summed E-state index contributed by atoms with van der Waals surface area (Å²) in [6, 6.07) is 2.04. The van der Waals surface area contributed by atoms with Crippen molar-refractivity contribution < 1.29 is 13.2 Å². The lowest BCUT2D eigenvalue weighted by Crippen LogP contribution is -2.21. The molecule has 0 saturated carbocycles. The van der Waals surface area contributed by atoms with Crippen molar-refractivity contribution in [1.82, 2.24) is 0 Å². The number of sulfone groups is 1. The van der Waals surface area contributed by atoms with E-state index in [1.165, 1.54) is 0 Å². The summed E-state index contributed by atoms with van der Waals surface area (Å²) in [6.07, 6.45) is 2.25. The van der Waals surface area contributed by atoms with E-state index in [2.05, 4.69) is 0 Å². The van der Waals surface area contributed by atoms with Gasteiger partial charge in [0.05, 0.1) is 5.03 Å². The molecule has 1 heterocycles. The van der Waals surface area contributed by atoms with Crippen molar-refractivity contribution in [2.24, 2.45) is 11.8 Å². The van der Waals surface area contributed by atoms with Gasteiger partial charge in [-0.05, 0) is 23.8 Å². The second kappa shape index (κ2) is 5.56. The molecule has 1 aliphatic carbocycles. The first kappa shape index (κ1) is 16.2. The van der Waals surface area contributed by atoms with Gasteiger partial charge in [0.1, 0.15) is 21.4 Å². The van der Waals surface area contributed by atoms with E-state index in [9.17, 15) is 18.5 Å². The van der Waals surface area contributed by atoms with E-state index in [0.29, 0.717) is 34.3 Å². The lowest BCUT2D eigenvalue weighted by atomic mass is 9.78. The molecular formula is C14H14ClNO3S2. The molecule has 4 nitrogen and oxygen atoms in total. The molecule has 0 bridgehead atoms. The molecule has 0 N–H and O–H groups in total. The zero-order valence-corrected chi connectivity index (χ0v) is 14.2. The summed E-state index contributed by atoms with van der Waals surface area (Å²) in [6.45, 7) is 3.94. The van der Waals surface area contributed by atoms with Crippen LogP contribution < -0.4 is 0 Å². The summed E-state index contributed by atoms with van der Waals surface area (Å²) in [7, 11) is -3.50. The minimum Gasteiger partial charge on any atom is -0.298 e. The van der Waals surface area contributed by atoms with Crippen LogP contribution in [0.1, 0.15) is 29.9 Å². The molecule has 2 rings (SSSR count). The number of carbonyl (C=O) groups is 1. The van der Waals surface area contributed by atoms with Crippen LogP contribution in [0.15, 0.2) is 9.78 Å². The number of nitriles is 1. The highest BCUT2D eigenvalue weighted by atomic mass is 35.5. The van der Waals surface area contributed by atoms with Crippen molar-refractivity contribution in [1.29, 1.82) is 5.26 Å². The quantitative estimate of drug-likeness (QED) is 0.790. The Balaban J connectivity index is 2.84. The average molecular weight is 344 g/mol. The topological polar surface area (TPSA) is 75.0 Å². The van der Waals surface area contributed by atoms with E-state index < -0.39 is 9.84 Å². The van der Waals surface area contributed by atoms with Gasteiger partial charge in [-0.25, -0.2) is 8.42 Å². The number of fused-ring (bicyclic) bond motifs is 1. The van der Waals surface area contributed by atoms with Gasteiger partial charge in [0.2, 0.25) is 0 Å². The van der Waals surface area contributed by atoms with Crippen LogP contribution in [0.2, 0.25) is 0 Å². The first-order valence-corrected chi connectivity index (χ1v) is 9.42. The van der Waals surface area contributed by atoms with Gasteiger partial charge in [-0.3, -0.25) is 4.79 Å². The number of aldehydes is 1. The maximum atomic E-state index is 11.9. The molecule has 0 radical (unpaired) electrons. The maximum absolute atomic E-state index is 11.9. The molecule has 21 heavy (non-hydrogen) atoms. The van der Waals surface area contributed by atoms with Crippen LogP contribution in [0.25, 0.3) is 5.03 Å². The minimum absolute atomic E-state index is 0.0700. The third-order valence-electron chi connectivity index (χ3n) is 3.64. The first-order chi connectivity index (χ1) is 9.72. The predicted molar refractivity (Wildman–Crippen MR) is 83.0 cm³/mol. The van der Waals surface area contributed by atoms with Crippen LogP contribution in [0.3, 0.4) is 0 Å². The van der Waals surface area contributed by atoms with Crippen LogP contribution in [0.4, 0.5) is 0 Å². The Labute approximate surface area is 133 Å². The van der Waals surface area contributed by atoms with E-state index in [-0.39, 0.29) is 21.1 Å². The fraction of sp³-hybridized carbons (Fsp3) is 0.429. The number of thiophene rings is 1. The number of hydrogen-bond donors (Lipinski definition) is 0. The summed E-state index contributed by atoms with van der Waals surface area (Å²) in [5, 5.41) is 9.41. The van der Waals surface area contributed by atoms with Crippen molar-refractivity contribution in [3.05, 3.63) is 21.6 Å². The summed E-state index contributed by atoms with van der Waals surface area (Å²) in [5.74, 6) is 0.0665. The molecule has 0 amide bonds. The second-order valence-corrected chi connectivity index (χ2v) is 9.01. The molecule has 0 aromatic carbocycles. The molecule has 1 aromatic heterocycles. The molecule has 0 saturated heterocycles. The van der Waals surface area contributed by atoms with Crippen molar-refractivity contribution >= 4 is 44.1 Å². The molecule has 0 fully saturated rings. The van der Waals surface area contributed by atoms with Gasteiger partial charge in [0.25, 0.3) is 0 Å². The second-order valence-electron chi connectivity index (χ2n) is 5.40. The number of carbonyl (C=O) groups excluding carboxylic acids is 1. The first-order valence-electron chi connectivity index (χ1n) is 6.33. The zero-order chi connectivity index (χ0) is 15.9. The van der Waals surface area contributed by atoms with Crippen LogP contribution >= 0.6 is 22.9 Å². The molecule has 112 valence electrons. The van der Waals surface area contributed by atoms with Crippen molar-refractivity contribution in [2.45, 2.75) is 24.5 Å². The van der Waals surface area contributed by atoms with Crippen molar-refractivity contribution in [3.8, 4) is 6.07 Å². The number of halogens is 1. The monoisotopic (exact) mass is 343 g/mol. The molecule has 0 aliphatic heterocycles. The van der Waals surface area contributed by atoms with E-state index >= 15 is 0 Å². The van der Waals surface area contributed by atoms with Gasteiger partial charge in [-0.15, -0.1) is 11.3 Å². The van der Waals surface area contributed by atoms with Crippen molar-refractivity contribution in [3.63, 3.8) is 0 Å². The number of allylic oxidation sites excluding steroid dienone is 1. The Morgan fingerprint density at radius 3 is 2.52 bits per heavy atom. The Morgan fingerprint density at radius 1 is 1.48 bits per heavy atom. The highest BCUT2D eigenvalue weighted by Crippen LogP contribution is 2.46. The predicted octanol–water partition coefficient (Wildman–Crippen LogP) is 3.00. The summed E-state index contributed by atoms with van der Waals surface area (Å²) in [5.41, 5.74) is 1.42. The molecule has 0 spiro atoms. The number of rotatable bonds is 3. The Kier molecular flexibility index (Phi) is 4.29. The van der Waals surface area contributed by atoms with Gasteiger partial charge in [0, 0.05) is 17.4 Å². The van der Waals surface area contributed by atoms with Crippen LogP contribution in [-0.4, -0.2) is 21.0 Å². The normalized spacial score (nSPS) is 18.6. The van der Waals surface area contributed by atoms with Crippen LogP contribution in [0, 0.1) is 23.2 Å². The number of nitrogens with zero attached hydrogens (tertiary/aromatic N) is 1. The van der Waals surface area contributed by atoms with Gasteiger partial charge in [-0.1, -0.05) is 25.4 Å². The molecule has 1 atom stereocenters. The van der Waals surface area contributed by atoms with E-state index in [1.54, 1.807) is 0 Å². The van der Waals surface area contributed by atoms with E-state index in [0.717, 1.165) is 17.6 Å². The Hall–Kier alpha value is -1.16. The third kappa shape index (κ3) is 2.66. The molecule has 1 aliphatic rings. The van der Waals surface area contributed by atoms with Gasteiger partial charge in [0.15, 0.2) is 9.84 Å². The van der Waals surface area contributed by atoms with Crippen molar-refractivity contribution in [2.75, 3.05) is 6.26 Å². The highest BCUT2D eigenvalue weighted by Gasteiger charge is 2.35. The van der Waals surface area contributed by atoms with Crippen LogP contribution in [0.5, 0.6) is 0 Å². The molecular weight excluding hydrogens is 330 g/mol. The SMILES string of the molecule is CC(C)[C@@H]1Cc2c(C#N)sc(S(C)(=O)=O)c2C(Cl)=C1C=O. The molecule has 0 unspecified atom stereocenters. The third-order valence-corrected chi connectivity index (χ3v) is 7.02. The van der Waals surface area contributed by atoms with Gasteiger partial charge in [-0.2, -0.15) is 5.26 Å². The average Bonchev–Trinajstić information content (AvgIpc) is 2.77. The molecule has 1 aromatic rings. The summed E-state index contributed by atoms with van der Waals surface area (Å²) >= 11 is 7.24. The summed E-state index contributed by atoms with van der Waals surface area (Å²) in [4.78, 5) is 11.7.